The topological polar surface area (TPSA) is 79.4 Å². The summed E-state index contributed by atoms with van der Waals surface area (Å²) in [6.07, 6.45) is 3.10. The van der Waals surface area contributed by atoms with Crippen molar-refractivity contribution >= 4 is 38.9 Å². The van der Waals surface area contributed by atoms with Crippen molar-refractivity contribution in [3.8, 4) is 0 Å². The van der Waals surface area contributed by atoms with E-state index in [2.05, 4.69) is 10.3 Å². The number of pyridine rings is 1. The molecule has 144 valence electrons. The van der Waals surface area contributed by atoms with Gasteiger partial charge in [0.1, 0.15) is 0 Å². The number of aromatic nitrogens is 1. The Hall–Kier alpha value is -2.90. The quantitative estimate of drug-likeness (QED) is 0.679. The zero-order valence-electron chi connectivity index (χ0n) is 15.3. The first kappa shape index (κ1) is 19.9. The summed E-state index contributed by atoms with van der Waals surface area (Å²) in [5.41, 5.74) is 1.95. The van der Waals surface area contributed by atoms with Crippen LogP contribution in [-0.2, 0) is 10.0 Å². The van der Waals surface area contributed by atoms with Gasteiger partial charge in [0, 0.05) is 13.2 Å². The maximum Gasteiger partial charge on any atom is 0.264 e. The van der Waals surface area contributed by atoms with Crippen LogP contribution in [0.5, 0.6) is 0 Å². The van der Waals surface area contributed by atoms with Crippen LogP contribution in [-0.4, -0.2) is 26.4 Å². The number of nitrogens with zero attached hydrogens (tertiary/aromatic N) is 2. The van der Waals surface area contributed by atoms with E-state index in [-0.39, 0.29) is 15.5 Å². The lowest BCUT2D eigenvalue weighted by Gasteiger charge is -2.20. The lowest BCUT2D eigenvalue weighted by molar-refractivity contribution is 0.102. The van der Waals surface area contributed by atoms with Gasteiger partial charge in [0.25, 0.3) is 15.9 Å². The van der Waals surface area contributed by atoms with Crippen LogP contribution in [0.1, 0.15) is 15.9 Å². The molecule has 3 rings (SSSR count). The van der Waals surface area contributed by atoms with Gasteiger partial charge in [0.15, 0.2) is 0 Å². The van der Waals surface area contributed by atoms with Gasteiger partial charge < -0.3 is 5.32 Å². The molecule has 0 unspecified atom stereocenters. The highest BCUT2D eigenvalue weighted by molar-refractivity contribution is 7.92. The molecule has 0 aliphatic heterocycles. The Morgan fingerprint density at radius 1 is 1.11 bits per heavy atom. The molecule has 28 heavy (non-hydrogen) atoms. The molecular formula is C20H18ClN3O3S. The van der Waals surface area contributed by atoms with Crippen LogP contribution in [0.25, 0.3) is 0 Å². The Morgan fingerprint density at radius 2 is 1.82 bits per heavy atom. The van der Waals surface area contributed by atoms with Crippen LogP contribution in [0, 0.1) is 6.92 Å². The number of carbonyl (C=O) groups is 1. The fraction of sp³-hybridized carbons (Fsp3) is 0.100. The highest BCUT2D eigenvalue weighted by Gasteiger charge is 2.23. The zero-order chi connectivity index (χ0) is 20.3. The van der Waals surface area contributed by atoms with Crippen molar-refractivity contribution in [1.82, 2.24) is 4.98 Å². The standard InChI is InChI=1S/C20H18ClN3O3S/c1-14-5-8-17(9-6-14)28(26,27)24(2)16-7-10-19(21)18(12-16)20(25)23-15-4-3-11-22-13-15/h3-13H,1-2H3,(H,23,25). The zero-order valence-corrected chi connectivity index (χ0v) is 16.8. The minimum atomic E-state index is -3.77. The van der Waals surface area contributed by atoms with Gasteiger partial charge in [0.2, 0.25) is 0 Å². The van der Waals surface area contributed by atoms with E-state index in [1.165, 1.54) is 25.4 Å². The van der Waals surface area contributed by atoms with Crippen molar-refractivity contribution in [1.29, 1.82) is 0 Å². The van der Waals surface area contributed by atoms with Crippen molar-refractivity contribution in [2.24, 2.45) is 0 Å². The fourth-order valence-corrected chi connectivity index (χ4v) is 3.92. The summed E-state index contributed by atoms with van der Waals surface area (Å²) in [5.74, 6) is -0.457. The summed E-state index contributed by atoms with van der Waals surface area (Å²) >= 11 is 6.17. The van der Waals surface area contributed by atoms with Crippen LogP contribution in [0.2, 0.25) is 5.02 Å². The monoisotopic (exact) mass is 415 g/mol. The van der Waals surface area contributed by atoms with Crippen molar-refractivity contribution < 1.29 is 13.2 Å². The molecule has 1 amide bonds. The molecule has 0 spiro atoms. The molecule has 3 aromatic rings. The van der Waals surface area contributed by atoms with E-state index in [4.69, 9.17) is 11.6 Å². The van der Waals surface area contributed by atoms with Gasteiger partial charge in [-0.2, -0.15) is 0 Å². The first-order chi connectivity index (χ1) is 13.3. The number of aryl methyl sites for hydroxylation is 1. The smallest absolute Gasteiger partial charge is 0.264 e. The number of carbonyl (C=O) groups excluding carboxylic acids is 1. The molecule has 0 bridgehead atoms. The molecular weight excluding hydrogens is 398 g/mol. The first-order valence-electron chi connectivity index (χ1n) is 8.35. The maximum atomic E-state index is 12.9. The third kappa shape index (κ3) is 4.16. The van der Waals surface area contributed by atoms with E-state index in [9.17, 15) is 13.2 Å². The van der Waals surface area contributed by atoms with Gasteiger partial charge in [-0.3, -0.25) is 14.1 Å². The average Bonchev–Trinajstić information content (AvgIpc) is 2.69. The Balaban J connectivity index is 1.91. The summed E-state index contributed by atoms with van der Waals surface area (Å²) in [6.45, 7) is 1.88. The number of hydrogen-bond donors (Lipinski definition) is 1. The second-order valence-electron chi connectivity index (χ2n) is 6.15. The van der Waals surface area contributed by atoms with Crippen molar-refractivity contribution in [2.45, 2.75) is 11.8 Å². The second kappa shape index (κ2) is 8.00. The summed E-state index contributed by atoms with van der Waals surface area (Å²) in [5, 5.41) is 2.90. The van der Waals surface area contributed by atoms with E-state index in [0.29, 0.717) is 11.4 Å². The lowest BCUT2D eigenvalue weighted by atomic mass is 10.2. The molecule has 1 heterocycles. The highest BCUT2D eigenvalue weighted by Crippen LogP contribution is 2.27. The predicted octanol–water partition coefficient (Wildman–Crippen LogP) is 4.12. The summed E-state index contributed by atoms with van der Waals surface area (Å²) in [4.78, 5) is 16.7. The molecule has 0 aliphatic rings. The molecule has 0 fully saturated rings. The Labute approximate surface area is 168 Å². The van der Waals surface area contributed by atoms with E-state index < -0.39 is 15.9 Å². The van der Waals surface area contributed by atoms with E-state index in [0.717, 1.165) is 9.87 Å². The molecule has 1 N–H and O–H groups in total. The molecule has 1 aromatic heterocycles. The molecule has 0 aliphatic carbocycles. The molecule has 0 atom stereocenters. The number of halogens is 1. The Kier molecular flexibility index (Phi) is 5.67. The van der Waals surface area contributed by atoms with Gasteiger partial charge in [-0.25, -0.2) is 8.42 Å². The molecule has 2 aromatic carbocycles. The van der Waals surface area contributed by atoms with E-state index >= 15 is 0 Å². The van der Waals surface area contributed by atoms with Crippen LogP contribution < -0.4 is 9.62 Å². The van der Waals surface area contributed by atoms with Crippen molar-refractivity contribution in [3.63, 3.8) is 0 Å². The van der Waals surface area contributed by atoms with Crippen LogP contribution in [0.4, 0.5) is 11.4 Å². The van der Waals surface area contributed by atoms with Crippen LogP contribution >= 0.6 is 11.6 Å². The maximum absolute atomic E-state index is 12.9. The van der Waals surface area contributed by atoms with Gasteiger partial charge in [-0.1, -0.05) is 29.3 Å². The predicted molar refractivity (Wildman–Crippen MR) is 110 cm³/mol. The van der Waals surface area contributed by atoms with E-state index in [1.807, 2.05) is 6.92 Å². The van der Waals surface area contributed by atoms with Crippen LogP contribution in [0.3, 0.4) is 0 Å². The number of nitrogens with one attached hydrogen (secondary N) is 1. The largest absolute Gasteiger partial charge is 0.321 e. The highest BCUT2D eigenvalue weighted by atomic mass is 35.5. The number of amides is 1. The minimum absolute atomic E-state index is 0.161. The SMILES string of the molecule is Cc1ccc(S(=O)(=O)N(C)c2ccc(Cl)c(C(=O)Nc3cccnc3)c2)cc1. The third-order valence-electron chi connectivity index (χ3n) is 4.16. The third-order valence-corrected chi connectivity index (χ3v) is 6.29. The number of benzene rings is 2. The number of anilines is 2. The van der Waals surface area contributed by atoms with Gasteiger partial charge in [0.05, 0.1) is 33.1 Å². The first-order valence-corrected chi connectivity index (χ1v) is 10.2. The number of sulfonamides is 1. The minimum Gasteiger partial charge on any atom is -0.321 e. The normalized spacial score (nSPS) is 11.1. The molecule has 0 saturated carbocycles. The fourth-order valence-electron chi connectivity index (χ4n) is 2.53. The summed E-state index contributed by atoms with van der Waals surface area (Å²) in [7, 11) is -2.34. The average molecular weight is 416 g/mol. The summed E-state index contributed by atoms with van der Waals surface area (Å²) in [6, 6.07) is 14.4. The number of rotatable bonds is 5. The second-order valence-corrected chi connectivity index (χ2v) is 8.52. The molecule has 0 radical (unpaired) electrons. The van der Waals surface area contributed by atoms with Gasteiger partial charge in [-0.15, -0.1) is 0 Å². The van der Waals surface area contributed by atoms with Crippen molar-refractivity contribution in [2.75, 3.05) is 16.7 Å². The van der Waals surface area contributed by atoms with Gasteiger partial charge >= 0.3 is 0 Å². The van der Waals surface area contributed by atoms with Gasteiger partial charge in [-0.05, 0) is 49.4 Å². The molecule has 0 saturated heterocycles. The van der Waals surface area contributed by atoms with Crippen molar-refractivity contribution in [3.05, 3.63) is 83.1 Å². The lowest BCUT2D eigenvalue weighted by Crippen LogP contribution is -2.27. The summed E-state index contributed by atoms with van der Waals surface area (Å²) < 4.78 is 26.9. The number of hydrogen-bond acceptors (Lipinski definition) is 4. The molecule has 8 heteroatoms. The Morgan fingerprint density at radius 3 is 2.46 bits per heavy atom. The molecule has 6 nitrogen and oxygen atoms in total. The van der Waals surface area contributed by atoms with Crippen LogP contribution in [0.15, 0.2) is 71.9 Å². The Bertz CT molecular complexity index is 1100. The van der Waals surface area contributed by atoms with E-state index in [1.54, 1.807) is 48.7 Å².